The summed E-state index contributed by atoms with van der Waals surface area (Å²) in [6.45, 7) is 4.04. The fourth-order valence-corrected chi connectivity index (χ4v) is 5.99. The van der Waals surface area contributed by atoms with Crippen LogP contribution in [0, 0.1) is 12.8 Å². The van der Waals surface area contributed by atoms with Gasteiger partial charge in [0.15, 0.2) is 0 Å². The van der Waals surface area contributed by atoms with Crippen LogP contribution in [0.1, 0.15) is 65.0 Å². The van der Waals surface area contributed by atoms with Gasteiger partial charge in [0.25, 0.3) is 5.91 Å². The standard InChI is InChI=1S/C30H33N3O4S/c1-19-15-22(29(34)33-13-3-2-4-14-33)9-10-23(19)17-37-27-12-11-24(31)16-25(27)26-18-38-28(32-26)20-5-7-21(8-6-20)30(35)36/h5,9-12,15-16,18,21H,2-4,6-8,13-14,17,31H2,1H3,(H,35,36). The number of aromatic nitrogens is 1. The molecule has 3 N–H and O–H groups in total. The zero-order valence-corrected chi connectivity index (χ0v) is 22.4. The third-order valence-electron chi connectivity index (χ3n) is 7.43. The van der Waals surface area contributed by atoms with Crippen LogP contribution in [0.5, 0.6) is 5.75 Å². The van der Waals surface area contributed by atoms with Crippen LogP contribution in [0.4, 0.5) is 5.69 Å². The molecule has 1 aromatic heterocycles. The minimum Gasteiger partial charge on any atom is -0.488 e. The molecule has 2 aliphatic rings. The van der Waals surface area contributed by atoms with E-state index in [1.807, 2.05) is 59.7 Å². The number of benzene rings is 2. The highest BCUT2D eigenvalue weighted by molar-refractivity contribution is 7.11. The quantitative estimate of drug-likeness (QED) is 0.353. The number of piperidine rings is 1. The molecule has 1 unspecified atom stereocenters. The van der Waals surface area contributed by atoms with E-state index in [0.29, 0.717) is 37.3 Å². The van der Waals surface area contributed by atoms with Crippen molar-refractivity contribution in [3.63, 3.8) is 0 Å². The predicted octanol–water partition coefficient (Wildman–Crippen LogP) is 6.17. The minimum atomic E-state index is -0.736. The van der Waals surface area contributed by atoms with Gasteiger partial charge in [0.2, 0.25) is 0 Å². The van der Waals surface area contributed by atoms with Crippen molar-refractivity contribution in [1.29, 1.82) is 0 Å². The number of anilines is 1. The van der Waals surface area contributed by atoms with Crippen LogP contribution in [-0.2, 0) is 11.4 Å². The van der Waals surface area contributed by atoms with Gasteiger partial charge in [0.05, 0.1) is 11.6 Å². The van der Waals surface area contributed by atoms with Crippen molar-refractivity contribution in [2.75, 3.05) is 18.8 Å². The van der Waals surface area contributed by atoms with E-state index in [1.54, 1.807) is 11.3 Å². The Hall–Kier alpha value is -3.65. The molecule has 0 saturated carbocycles. The number of nitrogens with two attached hydrogens (primary N) is 1. The maximum absolute atomic E-state index is 12.9. The highest BCUT2D eigenvalue weighted by Gasteiger charge is 2.23. The van der Waals surface area contributed by atoms with E-state index in [4.69, 9.17) is 15.5 Å². The Morgan fingerprint density at radius 2 is 1.97 bits per heavy atom. The van der Waals surface area contributed by atoms with E-state index in [1.165, 1.54) is 6.42 Å². The number of aryl methyl sites for hydroxylation is 1. The summed E-state index contributed by atoms with van der Waals surface area (Å²) in [5.74, 6) is -0.257. The fourth-order valence-electron chi connectivity index (χ4n) is 5.10. The molecular weight excluding hydrogens is 498 g/mol. The van der Waals surface area contributed by atoms with E-state index in [-0.39, 0.29) is 11.8 Å². The number of amides is 1. The van der Waals surface area contributed by atoms with Crippen molar-refractivity contribution in [2.24, 2.45) is 5.92 Å². The molecule has 1 atom stereocenters. The van der Waals surface area contributed by atoms with Gasteiger partial charge in [-0.2, -0.15) is 0 Å². The lowest BCUT2D eigenvalue weighted by Crippen LogP contribution is -2.35. The number of carbonyl (C=O) groups is 2. The maximum Gasteiger partial charge on any atom is 0.306 e. The van der Waals surface area contributed by atoms with Crippen LogP contribution in [-0.4, -0.2) is 40.0 Å². The van der Waals surface area contributed by atoms with Crippen molar-refractivity contribution < 1.29 is 19.4 Å². The average molecular weight is 532 g/mol. The third-order valence-corrected chi connectivity index (χ3v) is 8.35. The number of ether oxygens (including phenoxy) is 1. The first kappa shape index (κ1) is 26.0. The first-order valence-electron chi connectivity index (χ1n) is 13.2. The Morgan fingerprint density at radius 1 is 1.16 bits per heavy atom. The summed E-state index contributed by atoms with van der Waals surface area (Å²) >= 11 is 1.55. The Labute approximate surface area is 227 Å². The summed E-state index contributed by atoms with van der Waals surface area (Å²) in [6, 6.07) is 11.4. The van der Waals surface area contributed by atoms with Gasteiger partial charge in [0.1, 0.15) is 17.4 Å². The molecule has 8 heteroatoms. The molecule has 1 saturated heterocycles. The topological polar surface area (TPSA) is 106 Å². The van der Waals surface area contributed by atoms with E-state index in [0.717, 1.165) is 64.5 Å². The molecule has 5 rings (SSSR count). The van der Waals surface area contributed by atoms with Crippen LogP contribution in [0.2, 0.25) is 0 Å². The van der Waals surface area contributed by atoms with Gasteiger partial charge in [-0.15, -0.1) is 11.3 Å². The van der Waals surface area contributed by atoms with Gasteiger partial charge in [-0.3, -0.25) is 9.59 Å². The molecule has 7 nitrogen and oxygen atoms in total. The SMILES string of the molecule is Cc1cc(C(=O)N2CCCCC2)ccc1COc1ccc(N)cc1-c1csc(C2=CCC(C(=O)O)CC2)n1. The number of rotatable bonds is 7. The molecule has 2 heterocycles. The number of hydrogen-bond acceptors (Lipinski definition) is 6. The normalized spacial score (nSPS) is 17.7. The molecule has 1 aliphatic carbocycles. The molecule has 198 valence electrons. The summed E-state index contributed by atoms with van der Waals surface area (Å²) < 4.78 is 6.26. The number of carboxylic acid groups (broad SMARTS) is 1. The van der Waals surface area contributed by atoms with Crippen LogP contribution >= 0.6 is 11.3 Å². The largest absolute Gasteiger partial charge is 0.488 e. The Kier molecular flexibility index (Phi) is 7.79. The van der Waals surface area contributed by atoms with Crippen molar-refractivity contribution in [3.8, 4) is 17.0 Å². The number of carbonyl (C=O) groups excluding carboxylic acids is 1. The molecule has 38 heavy (non-hydrogen) atoms. The molecule has 1 amide bonds. The van der Waals surface area contributed by atoms with Crippen molar-refractivity contribution in [2.45, 2.75) is 52.1 Å². The van der Waals surface area contributed by atoms with E-state index in [9.17, 15) is 14.7 Å². The molecule has 1 fully saturated rings. The van der Waals surface area contributed by atoms with Gasteiger partial charge in [-0.1, -0.05) is 12.1 Å². The van der Waals surface area contributed by atoms with Crippen LogP contribution < -0.4 is 10.5 Å². The number of likely N-dealkylation sites (tertiary alicyclic amines) is 1. The first-order valence-corrected chi connectivity index (χ1v) is 14.1. The number of nitrogens with zero attached hydrogens (tertiary/aromatic N) is 2. The molecule has 2 aromatic carbocycles. The lowest BCUT2D eigenvalue weighted by atomic mass is 9.90. The molecule has 0 radical (unpaired) electrons. The second kappa shape index (κ2) is 11.4. The maximum atomic E-state index is 12.9. The van der Waals surface area contributed by atoms with E-state index in [2.05, 4.69) is 0 Å². The zero-order chi connectivity index (χ0) is 26.6. The number of thiazole rings is 1. The Morgan fingerprint density at radius 3 is 2.68 bits per heavy atom. The molecular formula is C30H33N3O4S. The highest BCUT2D eigenvalue weighted by atomic mass is 32.1. The third kappa shape index (κ3) is 5.75. The van der Waals surface area contributed by atoms with Crippen molar-refractivity contribution >= 4 is 34.5 Å². The summed E-state index contributed by atoms with van der Waals surface area (Å²) in [6.07, 6.45) is 7.22. The van der Waals surface area contributed by atoms with Crippen LogP contribution in [0.25, 0.3) is 16.8 Å². The van der Waals surface area contributed by atoms with Crippen LogP contribution in [0.15, 0.2) is 47.9 Å². The number of allylic oxidation sites excluding steroid dienone is 2. The minimum absolute atomic E-state index is 0.104. The van der Waals surface area contributed by atoms with Crippen molar-refractivity contribution in [1.82, 2.24) is 9.88 Å². The summed E-state index contributed by atoms with van der Waals surface area (Å²) in [4.78, 5) is 31.0. The summed E-state index contributed by atoms with van der Waals surface area (Å²) in [5.41, 5.74) is 12.2. The number of carboxylic acids is 1. The van der Waals surface area contributed by atoms with Crippen LogP contribution in [0.3, 0.4) is 0 Å². The predicted molar refractivity (Wildman–Crippen MR) is 150 cm³/mol. The second-order valence-electron chi connectivity index (χ2n) is 10.1. The van der Waals surface area contributed by atoms with E-state index >= 15 is 0 Å². The van der Waals surface area contributed by atoms with Gasteiger partial charge in [-0.25, -0.2) is 4.98 Å². The van der Waals surface area contributed by atoms with Gasteiger partial charge >= 0.3 is 5.97 Å². The lowest BCUT2D eigenvalue weighted by molar-refractivity contribution is -0.141. The fraction of sp³-hybridized carbons (Fsp3) is 0.367. The molecule has 1 aliphatic heterocycles. The molecule has 0 spiro atoms. The number of hydrogen-bond donors (Lipinski definition) is 2. The highest BCUT2D eigenvalue weighted by Crippen LogP contribution is 2.37. The smallest absolute Gasteiger partial charge is 0.306 e. The first-order chi connectivity index (χ1) is 18.4. The average Bonchev–Trinajstić information content (AvgIpc) is 3.43. The Bertz CT molecular complexity index is 1370. The number of aliphatic carboxylic acids is 1. The lowest BCUT2D eigenvalue weighted by Gasteiger charge is -2.27. The number of nitrogen functional groups attached to an aromatic ring is 1. The monoisotopic (exact) mass is 531 g/mol. The van der Waals surface area contributed by atoms with Gasteiger partial charge in [-0.05, 0) is 92.5 Å². The van der Waals surface area contributed by atoms with Crippen molar-refractivity contribution in [3.05, 3.63) is 69.6 Å². The molecule has 0 bridgehead atoms. The van der Waals surface area contributed by atoms with E-state index < -0.39 is 5.97 Å². The van der Waals surface area contributed by atoms with Gasteiger partial charge < -0.3 is 20.5 Å². The molecule has 3 aromatic rings. The second-order valence-corrected chi connectivity index (χ2v) is 11.0. The van der Waals surface area contributed by atoms with Gasteiger partial charge in [0, 0.05) is 35.3 Å². The summed E-state index contributed by atoms with van der Waals surface area (Å²) in [7, 11) is 0. The Balaban J connectivity index is 1.30. The zero-order valence-electron chi connectivity index (χ0n) is 21.6. The summed E-state index contributed by atoms with van der Waals surface area (Å²) in [5, 5.41) is 12.2.